The number of nitrogens with one attached hydrogen (secondary N) is 1. The largest absolute Gasteiger partial charge is 1.00 e. The second-order valence-electron chi connectivity index (χ2n) is 6.51. The van der Waals surface area contributed by atoms with E-state index in [2.05, 4.69) is 19.2 Å². The number of rotatable bonds is 7. The van der Waals surface area contributed by atoms with E-state index in [-0.39, 0.29) is 30.8 Å². The Balaban J connectivity index is 0.00000338. The fourth-order valence-electron chi connectivity index (χ4n) is 3.14. The highest BCUT2D eigenvalue weighted by Crippen LogP contribution is 2.21. The Kier molecular flexibility index (Phi) is 9.17. The molecule has 5 nitrogen and oxygen atoms in total. The number of benzene rings is 1. The number of amides is 2. The number of carbonyl (C=O) groups is 2. The summed E-state index contributed by atoms with van der Waals surface area (Å²) in [6.07, 6.45) is 0.626. The fraction of sp³-hybridized carbons (Fsp3) is 0.556. The molecule has 26 heavy (non-hydrogen) atoms. The Morgan fingerprint density at radius 1 is 1.27 bits per heavy atom. The third-order valence-electron chi connectivity index (χ3n) is 5.08. The Bertz CT molecular complexity index is 636. The second kappa shape index (κ2) is 10.4. The molecule has 146 valence electrons. The first-order valence-electron chi connectivity index (χ1n) is 8.72. The maximum atomic E-state index is 12.3. The van der Waals surface area contributed by atoms with Gasteiger partial charge in [0.15, 0.2) is 6.54 Å². The molecule has 0 unspecified atom stereocenters. The minimum atomic E-state index is -0.133. The first-order valence-corrected chi connectivity index (χ1v) is 9.48. The topological polar surface area (TPSA) is 49.4 Å². The van der Waals surface area contributed by atoms with Gasteiger partial charge >= 0.3 is 0 Å². The summed E-state index contributed by atoms with van der Waals surface area (Å²) in [5.74, 6) is -0.0720. The van der Waals surface area contributed by atoms with Crippen molar-refractivity contribution in [2.24, 2.45) is 0 Å². The average molecular weight is 423 g/mol. The lowest BCUT2D eigenvalue weighted by atomic mass is 10.1. The highest BCUT2D eigenvalue weighted by atomic mass is 35.5. The van der Waals surface area contributed by atoms with Crippen molar-refractivity contribution >= 4 is 35.0 Å². The quantitative estimate of drug-likeness (QED) is 0.594. The van der Waals surface area contributed by atoms with Gasteiger partial charge in [-0.1, -0.05) is 29.3 Å². The van der Waals surface area contributed by atoms with E-state index in [4.69, 9.17) is 23.2 Å². The maximum Gasteiger partial charge on any atom is 0.278 e. The lowest BCUT2D eigenvalue weighted by molar-refractivity contribution is -0.920. The molecule has 2 amide bonds. The Labute approximate surface area is 171 Å². The van der Waals surface area contributed by atoms with E-state index in [0.29, 0.717) is 36.1 Å². The first kappa shape index (κ1) is 23.0. The highest BCUT2D eigenvalue weighted by molar-refractivity contribution is 6.35. The monoisotopic (exact) mass is 421 g/mol. The van der Waals surface area contributed by atoms with Crippen LogP contribution in [0, 0.1) is 0 Å². The zero-order valence-electron chi connectivity index (χ0n) is 15.2. The zero-order chi connectivity index (χ0) is 18.4. The summed E-state index contributed by atoms with van der Waals surface area (Å²) in [6, 6.07) is 5.33. The molecule has 0 spiro atoms. The predicted molar refractivity (Wildman–Crippen MR) is 101 cm³/mol. The van der Waals surface area contributed by atoms with Crippen molar-refractivity contribution in [3.05, 3.63) is 33.8 Å². The molecule has 1 aromatic carbocycles. The molecular weight excluding hydrogens is 397 g/mol. The number of carbonyl (C=O) groups excluding carboxylic acids is 2. The van der Waals surface area contributed by atoms with Crippen molar-refractivity contribution in [3.8, 4) is 0 Å². The molecule has 1 aromatic rings. The number of quaternary nitrogens is 1. The van der Waals surface area contributed by atoms with E-state index < -0.39 is 0 Å². The number of nitrogens with zero attached hydrogens (tertiary/aromatic N) is 2. The van der Waals surface area contributed by atoms with E-state index in [0.717, 1.165) is 29.7 Å². The van der Waals surface area contributed by atoms with Crippen LogP contribution in [0.25, 0.3) is 0 Å². The number of halogens is 3. The molecule has 8 heteroatoms. The van der Waals surface area contributed by atoms with Gasteiger partial charge in [-0.15, -0.1) is 0 Å². The van der Waals surface area contributed by atoms with Gasteiger partial charge in [0.2, 0.25) is 5.91 Å². The highest BCUT2D eigenvalue weighted by Gasteiger charge is 2.35. The minimum absolute atomic E-state index is 0. The fourth-order valence-corrected chi connectivity index (χ4v) is 3.65. The van der Waals surface area contributed by atoms with Crippen LogP contribution in [-0.4, -0.2) is 67.0 Å². The Morgan fingerprint density at radius 2 is 1.96 bits per heavy atom. The van der Waals surface area contributed by atoms with Gasteiger partial charge in [-0.25, -0.2) is 0 Å². The molecule has 0 aromatic heterocycles. The van der Waals surface area contributed by atoms with Crippen molar-refractivity contribution in [2.45, 2.75) is 20.3 Å². The molecule has 1 saturated heterocycles. The molecule has 0 atom stereocenters. The van der Waals surface area contributed by atoms with Crippen LogP contribution in [0.2, 0.25) is 10.0 Å². The summed E-state index contributed by atoms with van der Waals surface area (Å²) in [5, 5.41) is 4.05. The summed E-state index contributed by atoms with van der Waals surface area (Å²) < 4.78 is 0.812. The third kappa shape index (κ3) is 6.02. The van der Waals surface area contributed by atoms with Crippen molar-refractivity contribution in [1.29, 1.82) is 0 Å². The lowest BCUT2D eigenvalue weighted by Crippen LogP contribution is -3.00. The molecule has 1 heterocycles. The van der Waals surface area contributed by atoms with Crippen LogP contribution in [0.5, 0.6) is 0 Å². The summed E-state index contributed by atoms with van der Waals surface area (Å²) in [7, 11) is 0. The lowest BCUT2D eigenvalue weighted by Gasteiger charge is -2.42. The van der Waals surface area contributed by atoms with Crippen molar-refractivity contribution in [1.82, 2.24) is 10.2 Å². The van der Waals surface area contributed by atoms with E-state index in [1.165, 1.54) is 0 Å². The molecule has 0 aliphatic carbocycles. The van der Waals surface area contributed by atoms with E-state index in [1.807, 2.05) is 6.07 Å². The summed E-state index contributed by atoms with van der Waals surface area (Å²) in [6.45, 7) is 8.76. The molecule has 0 bridgehead atoms. The minimum Gasteiger partial charge on any atom is -1.00 e. The standard InChI is InChI=1S/C18H25Cl2N3O2.ClH/c1-3-23(4-2)10-9-22(18(25)13-23)12-17(24)21-8-7-14-5-6-15(19)11-16(14)20;/h5-6,11H,3-4,7-10,12-13H2,1-2H3;1H. The van der Waals surface area contributed by atoms with Crippen LogP contribution in [0.15, 0.2) is 18.2 Å². The molecule has 1 fully saturated rings. The van der Waals surface area contributed by atoms with Crippen molar-refractivity contribution < 1.29 is 26.5 Å². The molecular formula is C18H26Cl3N3O2. The molecule has 1 aliphatic heterocycles. The van der Waals surface area contributed by atoms with Crippen LogP contribution >= 0.6 is 23.2 Å². The van der Waals surface area contributed by atoms with Crippen LogP contribution in [0.1, 0.15) is 19.4 Å². The second-order valence-corrected chi connectivity index (χ2v) is 7.35. The van der Waals surface area contributed by atoms with Gasteiger partial charge in [0.25, 0.3) is 5.91 Å². The van der Waals surface area contributed by atoms with Crippen LogP contribution in [-0.2, 0) is 16.0 Å². The SMILES string of the molecule is CC[N+]1(CC)CCN(CC(=O)NCCc2ccc(Cl)cc2Cl)C(=O)C1.[Cl-]. The van der Waals surface area contributed by atoms with Gasteiger partial charge in [-0.2, -0.15) is 0 Å². The maximum absolute atomic E-state index is 12.3. The van der Waals surface area contributed by atoms with Crippen LogP contribution < -0.4 is 17.7 Å². The Hall–Kier alpha value is -1.01. The average Bonchev–Trinajstić information content (AvgIpc) is 2.59. The van der Waals surface area contributed by atoms with Crippen LogP contribution in [0.4, 0.5) is 0 Å². The number of piperazine rings is 1. The van der Waals surface area contributed by atoms with Gasteiger partial charge in [0.1, 0.15) is 0 Å². The summed E-state index contributed by atoms with van der Waals surface area (Å²) in [5.41, 5.74) is 0.938. The van der Waals surface area contributed by atoms with Gasteiger partial charge < -0.3 is 27.1 Å². The molecule has 1 aliphatic rings. The smallest absolute Gasteiger partial charge is 0.278 e. The molecule has 0 saturated carbocycles. The van der Waals surface area contributed by atoms with E-state index in [1.54, 1.807) is 17.0 Å². The van der Waals surface area contributed by atoms with Gasteiger partial charge in [-0.3, -0.25) is 9.59 Å². The van der Waals surface area contributed by atoms with Gasteiger partial charge in [-0.05, 0) is 38.0 Å². The molecule has 1 N–H and O–H groups in total. The first-order chi connectivity index (χ1) is 11.9. The number of hydrogen-bond acceptors (Lipinski definition) is 2. The third-order valence-corrected chi connectivity index (χ3v) is 5.66. The zero-order valence-corrected chi connectivity index (χ0v) is 17.5. The van der Waals surface area contributed by atoms with Crippen molar-refractivity contribution in [3.63, 3.8) is 0 Å². The predicted octanol–water partition coefficient (Wildman–Crippen LogP) is -0.645. The normalized spacial score (nSPS) is 16.2. The summed E-state index contributed by atoms with van der Waals surface area (Å²) >= 11 is 12.0. The van der Waals surface area contributed by atoms with E-state index in [9.17, 15) is 9.59 Å². The van der Waals surface area contributed by atoms with Crippen LogP contribution in [0.3, 0.4) is 0 Å². The van der Waals surface area contributed by atoms with Gasteiger partial charge in [0, 0.05) is 16.6 Å². The number of hydrogen-bond donors (Lipinski definition) is 1. The molecule has 2 rings (SSSR count). The Morgan fingerprint density at radius 3 is 2.54 bits per heavy atom. The van der Waals surface area contributed by atoms with Crippen molar-refractivity contribution in [2.75, 3.05) is 45.8 Å². The van der Waals surface area contributed by atoms with Gasteiger partial charge in [0.05, 0.1) is 32.7 Å². The number of likely N-dealkylation sites (N-methyl/N-ethyl adjacent to an activating group) is 1. The summed E-state index contributed by atoms with van der Waals surface area (Å²) in [4.78, 5) is 26.1. The van der Waals surface area contributed by atoms with E-state index >= 15 is 0 Å². The molecule has 0 radical (unpaired) electrons.